The van der Waals surface area contributed by atoms with Gasteiger partial charge >= 0.3 is 75.4 Å². The van der Waals surface area contributed by atoms with Crippen molar-refractivity contribution in [2.24, 2.45) is 0 Å². The molecule has 0 radical (unpaired) electrons. The number of rotatable bonds is 0. The van der Waals surface area contributed by atoms with Crippen LogP contribution in [0.15, 0.2) is 43.4 Å². The molecule has 0 amide bonds. The Morgan fingerprint density at radius 3 is 1.15 bits per heavy atom. The van der Waals surface area contributed by atoms with Crippen molar-refractivity contribution >= 4 is 63.0 Å². The maximum atomic E-state index is 12.9. The molecule has 0 saturated carbocycles. The van der Waals surface area contributed by atoms with E-state index in [0.29, 0.717) is 22.7 Å². The summed E-state index contributed by atoms with van der Waals surface area (Å²) in [4.78, 5) is 50.0. The summed E-state index contributed by atoms with van der Waals surface area (Å²) >= 11 is 0.990. The van der Waals surface area contributed by atoms with E-state index in [1.165, 1.54) is 0 Å². The summed E-state index contributed by atoms with van der Waals surface area (Å²) in [7, 11) is 0. The van der Waals surface area contributed by atoms with E-state index < -0.39 is 66.3 Å². The van der Waals surface area contributed by atoms with Crippen LogP contribution in [0.4, 0.5) is 0 Å². The maximum Gasteiger partial charge on any atom is 1.00 e. The fourth-order valence-corrected chi connectivity index (χ4v) is 5.90. The van der Waals surface area contributed by atoms with Gasteiger partial charge in [-0.25, -0.2) is 0 Å². The molecule has 0 fully saturated rings. The van der Waals surface area contributed by atoms with Gasteiger partial charge in [0.15, 0.2) is 10.9 Å². The van der Waals surface area contributed by atoms with E-state index in [0.717, 1.165) is 24.3 Å². The van der Waals surface area contributed by atoms with E-state index in [1.54, 1.807) is 0 Å². The van der Waals surface area contributed by atoms with Gasteiger partial charge in [0.1, 0.15) is 0 Å². The molecule has 4 aromatic carbocycles. The maximum absolute atomic E-state index is 12.9. The molecule has 0 aliphatic heterocycles. The van der Waals surface area contributed by atoms with Crippen molar-refractivity contribution in [2.75, 3.05) is 0 Å². The standard InChI is InChI=1S/C20H8O8S2.4Li/c21-5-1-2-6(22)10-9(5)13(25)17-18(14(10)26)30-20-16(28)12-8(24)4-3-7(23)11(12)15(27)19(20)29-17;;;;/h1-4,21,23,26,28H;;;;/q;4*+1/p-4. The van der Waals surface area contributed by atoms with E-state index in [2.05, 4.69) is 0 Å². The van der Waals surface area contributed by atoms with Crippen LogP contribution in [0, 0.1) is 0 Å². The van der Waals surface area contributed by atoms with E-state index >= 15 is 0 Å². The minimum atomic E-state index is -0.905. The van der Waals surface area contributed by atoms with Gasteiger partial charge in [0, 0.05) is 30.9 Å². The first-order valence-corrected chi connectivity index (χ1v) is 9.90. The molecule has 34 heavy (non-hydrogen) atoms. The molecule has 0 N–H and O–H groups in total. The number of benzene rings is 4. The monoisotopic (exact) mass is 464 g/mol. The van der Waals surface area contributed by atoms with Crippen LogP contribution >= 0.6 is 22.7 Å². The van der Waals surface area contributed by atoms with Crippen molar-refractivity contribution in [3.8, 4) is 23.0 Å². The fraction of sp³-hybridized carbons (Fsp3) is 0. The molecule has 0 bridgehead atoms. The Morgan fingerprint density at radius 2 is 0.794 bits per heavy atom. The first-order chi connectivity index (χ1) is 14.2. The third kappa shape index (κ3) is 4.14. The van der Waals surface area contributed by atoms with Crippen LogP contribution in [0.5, 0.6) is 23.0 Å². The number of hydrogen-bond donors (Lipinski definition) is 0. The molecule has 0 aliphatic rings. The third-order valence-electron chi connectivity index (χ3n) is 4.81. The molecule has 5 rings (SSSR count). The van der Waals surface area contributed by atoms with Crippen molar-refractivity contribution in [2.45, 2.75) is 0 Å². The minimum Gasteiger partial charge on any atom is -0.872 e. The molecule has 148 valence electrons. The van der Waals surface area contributed by atoms with Crippen LogP contribution in [0.2, 0.25) is 0 Å². The summed E-state index contributed by atoms with van der Waals surface area (Å²) in [6.45, 7) is 0. The molecule has 0 aliphatic carbocycles. The van der Waals surface area contributed by atoms with Crippen LogP contribution in [0.3, 0.4) is 0 Å². The second-order valence-electron chi connectivity index (χ2n) is 6.46. The second-order valence-corrected chi connectivity index (χ2v) is 8.50. The molecule has 0 unspecified atom stereocenters. The van der Waals surface area contributed by atoms with Crippen molar-refractivity contribution < 1.29 is 95.9 Å². The SMILES string of the molecule is O=c1ccc([O-])c2c(=O)c3sc4c(=O)c5c([O-])ccc(=O)c5c([O-])c4sc3c([O-])c12.[Li+].[Li+].[Li+].[Li+]. The van der Waals surface area contributed by atoms with Gasteiger partial charge < -0.3 is 20.4 Å². The van der Waals surface area contributed by atoms with Gasteiger partial charge in [-0.1, -0.05) is 35.1 Å². The van der Waals surface area contributed by atoms with E-state index in [4.69, 9.17) is 0 Å². The summed E-state index contributed by atoms with van der Waals surface area (Å²) < 4.78 is -1.08. The largest absolute Gasteiger partial charge is 1.00 e. The molecule has 8 nitrogen and oxygen atoms in total. The fourth-order valence-electron chi connectivity index (χ4n) is 3.47. The zero-order valence-corrected chi connectivity index (χ0v) is 20.0. The van der Waals surface area contributed by atoms with Gasteiger partial charge in [-0.2, -0.15) is 0 Å². The molecule has 0 atom stereocenters. The van der Waals surface area contributed by atoms with Crippen LogP contribution in [-0.2, 0) is 0 Å². The third-order valence-corrected chi connectivity index (χ3v) is 7.44. The Kier molecular flexibility index (Phi) is 9.66. The van der Waals surface area contributed by atoms with Gasteiger partial charge in [-0.15, -0.1) is 22.7 Å². The van der Waals surface area contributed by atoms with Crippen molar-refractivity contribution in [1.29, 1.82) is 0 Å². The summed E-state index contributed by atoms with van der Waals surface area (Å²) in [5.74, 6) is -3.43. The molecule has 14 heteroatoms. The van der Waals surface area contributed by atoms with Crippen molar-refractivity contribution in [3.05, 3.63) is 65.2 Å². The smallest absolute Gasteiger partial charge is 0.872 e. The van der Waals surface area contributed by atoms with Crippen LogP contribution in [0.1, 0.15) is 0 Å². The first-order valence-electron chi connectivity index (χ1n) is 8.27. The zero-order chi connectivity index (χ0) is 21.5. The van der Waals surface area contributed by atoms with E-state index in [9.17, 15) is 39.6 Å². The van der Waals surface area contributed by atoms with Gasteiger partial charge in [-0.05, 0) is 12.1 Å². The molecule has 0 saturated heterocycles. The molecule has 1 aromatic heterocycles. The summed E-state index contributed by atoms with van der Waals surface area (Å²) in [6.07, 6.45) is 0. The van der Waals surface area contributed by atoms with E-state index in [1.807, 2.05) is 0 Å². The normalized spacial score (nSPS) is 10.4. The predicted molar refractivity (Wildman–Crippen MR) is 106 cm³/mol. The zero-order valence-electron chi connectivity index (χ0n) is 18.4. The summed E-state index contributed by atoms with van der Waals surface area (Å²) in [5, 5.41) is 47.7. The van der Waals surface area contributed by atoms with E-state index in [-0.39, 0.29) is 94.2 Å². The topological polar surface area (TPSA) is 161 Å². The van der Waals surface area contributed by atoms with Gasteiger partial charge in [0.05, 0.1) is 9.40 Å². The molecule has 0 spiro atoms. The molecule has 1 heterocycles. The Labute approximate surface area is 244 Å². The summed E-state index contributed by atoms with van der Waals surface area (Å²) in [6, 6.07) is 3.53. The minimum absolute atomic E-state index is 0. The van der Waals surface area contributed by atoms with Gasteiger partial charge in [0.25, 0.3) is 0 Å². The van der Waals surface area contributed by atoms with Crippen molar-refractivity contribution in [3.63, 3.8) is 0 Å². The first kappa shape index (κ1) is 30.7. The van der Waals surface area contributed by atoms with Crippen LogP contribution in [0.25, 0.3) is 40.3 Å². The Morgan fingerprint density at radius 1 is 0.471 bits per heavy atom. The predicted octanol–water partition coefficient (Wildman–Crippen LogP) is -12.4. The molecule has 5 aromatic rings. The average molecular weight is 464 g/mol. The van der Waals surface area contributed by atoms with Crippen molar-refractivity contribution in [1.82, 2.24) is 0 Å². The Bertz CT molecular complexity index is 1710. The quantitative estimate of drug-likeness (QED) is 0.161. The van der Waals surface area contributed by atoms with Gasteiger partial charge in [0.2, 0.25) is 10.9 Å². The number of fused-ring (bicyclic) bond motifs is 4. The summed E-state index contributed by atoms with van der Waals surface area (Å²) in [5.41, 5.74) is -3.43. The number of hydrogen-bond acceptors (Lipinski definition) is 10. The molecular weight excluding hydrogens is 460 g/mol. The molecular formula is C20H4Li4O8S2. The Hall–Kier alpha value is -1.37. The van der Waals surface area contributed by atoms with Crippen LogP contribution < -0.4 is 118 Å². The average Bonchev–Trinajstić information content (AvgIpc) is 2.72. The Balaban J connectivity index is 0.00000144. The van der Waals surface area contributed by atoms with Gasteiger partial charge in [-0.3, -0.25) is 19.2 Å². The van der Waals surface area contributed by atoms with Crippen LogP contribution in [-0.4, -0.2) is 0 Å². The second kappa shape index (κ2) is 10.7.